The summed E-state index contributed by atoms with van der Waals surface area (Å²) in [5.74, 6) is -0.860. The van der Waals surface area contributed by atoms with E-state index in [9.17, 15) is 18.0 Å². The molecular formula is C13H11N3O5S. The van der Waals surface area contributed by atoms with Gasteiger partial charge in [-0.15, -0.1) is 0 Å². The van der Waals surface area contributed by atoms with Crippen LogP contribution < -0.4 is 5.32 Å². The van der Waals surface area contributed by atoms with Gasteiger partial charge in [0, 0.05) is 19.0 Å². The molecule has 1 aromatic heterocycles. The summed E-state index contributed by atoms with van der Waals surface area (Å²) >= 11 is 0. The monoisotopic (exact) mass is 321 g/mol. The van der Waals surface area contributed by atoms with Crippen molar-refractivity contribution in [2.45, 2.75) is 11.3 Å². The van der Waals surface area contributed by atoms with E-state index in [0.29, 0.717) is 4.31 Å². The molecule has 0 spiro atoms. The van der Waals surface area contributed by atoms with E-state index >= 15 is 0 Å². The van der Waals surface area contributed by atoms with Crippen molar-refractivity contribution in [3.05, 3.63) is 42.2 Å². The van der Waals surface area contributed by atoms with Crippen molar-refractivity contribution in [1.29, 1.82) is 0 Å². The lowest BCUT2D eigenvalue weighted by Crippen LogP contribution is -2.33. The number of nitrogens with zero attached hydrogens (tertiary/aromatic N) is 2. The molecule has 2 heterocycles. The molecule has 0 saturated heterocycles. The molecular weight excluding hydrogens is 310 g/mol. The first-order valence-corrected chi connectivity index (χ1v) is 7.80. The van der Waals surface area contributed by atoms with Crippen molar-refractivity contribution in [1.82, 2.24) is 9.46 Å². The van der Waals surface area contributed by atoms with E-state index < -0.39 is 21.8 Å². The average molecular weight is 321 g/mol. The molecule has 0 bridgehead atoms. The Morgan fingerprint density at radius 3 is 2.73 bits per heavy atom. The summed E-state index contributed by atoms with van der Waals surface area (Å²) in [6, 6.07) is 7.41. The first kappa shape index (κ1) is 14.3. The molecule has 9 heteroatoms. The van der Waals surface area contributed by atoms with Gasteiger partial charge in [-0.05, 0) is 12.1 Å². The zero-order valence-electron chi connectivity index (χ0n) is 11.2. The Hall–Kier alpha value is -2.68. The van der Waals surface area contributed by atoms with Gasteiger partial charge in [-0.1, -0.05) is 17.3 Å². The van der Waals surface area contributed by atoms with E-state index in [-0.39, 0.29) is 29.2 Å². The molecule has 0 atom stereocenters. The van der Waals surface area contributed by atoms with Crippen molar-refractivity contribution in [2.24, 2.45) is 0 Å². The Morgan fingerprint density at radius 2 is 2.05 bits per heavy atom. The summed E-state index contributed by atoms with van der Waals surface area (Å²) in [7, 11) is -3.88. The fraction of sp³-hybridized carbons (Fsp3) is 0.154. The number of rotatable bonds is 4. The molecule has 0 fully saturated rings. The standard InChI is InChI=1S/C13H11N3O5S/c17-12(14-11-6-8-21-15-11)5-7-16-13(18)9-3-1-2-4-10(9)22(16,19)20/h1-4,6,8H,5,7H2,(H,14,15,17). The number of amides is 2. The van der Waals surface area contributed by atoms with Gasteiger partial charge in [-0.25, -0.2) is 12.7 Å². The van der Waals surface area contributed by atoms with E-state index in [1.54, 1.807) is 12.1 Å². The predicted molar refractivity (Wildman–Crippen MR) is 74.4 cm³/mol. The maximum Gasteiger partial charge on any atom is 0.269 e. The largest absolute Gasteiger partial charge is 0.363 e. The van der Waals surface area contributed by atoms with Crippen LogP contribution in [0, 0.1) is 0 Å². The van der Waals surface area contributed by atoms with Gasteiger partial charge in [0.2, 0.25) is 5.91 Å². The molecule has 0 aliphatic carbocycles. The lowest BCUT2D eigenvalue weighted by Gasteiger charge is -2.14. The van der Waals surface area contributed by atoms with Crippen LogP contribution >= 0.6 is 0 Å². The van der Waals surface area contributed by atoms with Gasteiger partial charge >= 0.3 is 0 Å². The molecule has 0 radical (unpaired) electrons. The quantitative estimate of drug-likeness (QED) is 0.894. The number of sulfonamides is 1. The molecule has 0 saturated carbocycles. The fourth-order valence-corrected chi connectivity index (χ4v) is 3.71. The van der Waals surface area contributed by atoms with Crippen LogP contribution in [-0.4, -0.2) is 36.2 Å². The Kier molecular flexibility index (Phi) is 3.41. The van der Waals surface area contributed by atoms with Gasteiger partial charge < -0.3 is 9.84 Å². The minimum Gasteiger partial charge on any atom is -0.363 e. The minimum absolute atomic E-state index is 0.0306. The highest BCUT2D eigenvalue weighted by Gasteiger charge is 2.40. The number of anilines is 1. The summed E-state index contributed by atoms with van der Waals surface area (Å²) in [6.45, 7) is -0.237. The Labute approximate surface area is 125 Å². The zero-order valence-corrected chi connectivity index (χ0v) is 12.0. The molecule has 2 amide bonds. The number of benzene rings is 1. The molecule has 1 aromatic carbocycles. The molecule has 8 nitrogen and oxygen atoms in total. The number of hydrogen-bond acceptors (Lipinski definition) is 6. The highest BCUT2D eigenvalue weighted by atomic mass is 32.2. The molecule has 1 aliphatic heterocycles. The van der Waals surface area contributed by atoms with E-state index in [1.165, 1.54) is 24.5 Å². The normalized spacial score (nSPS) is 15.6. The van der Waals surface area contributed by atoms with Crippen LogP contribution in [0.5, 0.6) is 0 Å². The zero-order chi connectivity index (χ0) is 15.7. The second kappa shape index (κ2) is 5.26. The maximum absolute atomic E-state index is 12.3. The van der Waals surface area contributed by atoms with Crippen molar-refractivity contribution >= 4 is 27.7 Å². The molecule has 1 N–H and O–H groups in total. The third kappa shape index (κ3) is 2.35. The van der Waals surface area contributed by atoms with Crippen molar-refractivity contribution in [3.63, 3.8) is 0 Å². The summed E-state index contributed by atoms with van der Waals surface area (Å²) < 4.78 is 29.8. The van der Waals surface area contributed by atoms with Crippen molar-refractivity contribution in [2.75, 3.05) is 11.9 Å². The van der Waals surface area contributed by atoms with Crippen LogP contribution in [0.3, 0.4) is 0 Å². The number of hydrogen-bond donors (Lipinski definition) is 1. The van der Waals surface area contributed by atoms with Gasteiger partial charge in [-0.2, -0.15) is 0 Å². The molecule has 3 rings (SSSR count). The molecule has 1 aliphatic rings. The molecule has 0 unspecified atom stereocenters. The van der Waals surface area contributed by atoms with Gasteiger partial charge in [0.05, 0.1) is 5.56 Å². The van der Waals surface area contributed by atoms with Crippen LogP contribution in [0.2, 0.25) is 0 Å². The highest BCUT2D eigenvalue weighted by Crippen LogP contribution is 2.29. The fourth-order valence-electron chi connectivity index (χ4n) is 2.14. The van der Waals surface area contributed by atoms with Crippen LogP contribution in [0.25, 0.3) is 0 Å². The minimum atomic E-state index is -3.88. The number of aromatic nitrogens is 1. The molecule has 22 heavy (non-hydrogen) atoms. The second-order valence-electron chi connectivity index (χ2n) is 4.56. The van der Waals surface area contributed by atoms with E-state index in [2.05, 4.69) is 15.0 Å². The number of fused-ring (bicyclic) bond motifs is 1. The topological polar surface area (TPSA) is 110 Å². The van der Waals surface area contributed by atoms with E-state index in [4.69, 9.17) is 0 Å². The summed E-state index contributed by atoms with van der Waals surface area (Å²) in [5, 5.41) is 5.94. The smallest absolute Gasteiger partial charge is 0.269 e. The van der Waals surface area contributed by atoms with Crippen LogP contribution in [0.4, 0.5) is 5.82 Å². The predicted octanol–water partition coefficient (Wildman–Crippen LogP) is 0.848. The number of carbonyl (C=O) groups excluding carboxylic acids is 2. The number of carbonyl (C=O) groups is 2. The van der Waals surface area contributed by atoms with Crippen LogP contribution in [0.15, 0.2) is 46.0 Å². The van der Waals surface area contributed by atoms with Crippen LogP contribution in [0.1, 0.15) is 16.8 Å². The molecule has 2 aromatic rings. The first-order valence-electron chi connectivity index (χ1n) is 6.36. The Balaban J connectivity index is 1.71. The van der Waals surface area contributed by atoms with Crippen molar-refractivity contribution < 1.29 is 22.5 Å². The lowest BCUT2D eigenvalue weighted by atomic mass is 10.2. The van der Waals surface area contributed by atoms with Gasteiger partial charge in [-0.3, -0.25) is 9.59 Å². The highest BCUT2D eigenvalue weighted by molar-refractivity contribution is 7.90. The second-order valence-corrected chi connectivity index (χ2v) is 6.39. The summed E-state index contributed by atoms with van der Waals surface area (Å²) in [6.07, 6.45) is 1.12. The van der Waals surface area contributed by atoms with E-state index in [0.717, 1.165) is 0 Å². The lowest BCUT2D eigenvalue weighted by molar-refractivity contribution is -0.116. The van der Waals surface area contributed by atoms with E-state index in [1.807, 2.05) is 0 Å². The third-order valence-electron chi connectivity index (χ3n) is 3.16. The summed E-state index contributed by atoms with van der Waals surface area (Å²) in [5.41, 5.74) is 0.124. The van der Waals surface area contributed by atoms with Crippen molar-refractivity contribution in [3.8, 4) is 0 Å². The molecule has 114 valence electrons. The average Bonchev–Trinajstić information content (AvgIpc) is 3.05. The number of nitrogens with one attached hydrogen (secondary N) is 1. The Bertz CT molecular complexity index is 829. The third-order valence-corrected chi connectivity index (χ3v) is 5.00. The van der Waals surface area contributed by atoms with Crippen LogP contribution in [-0.2, 0) is 14.8 Å². The van der Waals surface area contributed by atoms with Gasteiger partial charge in [0.25, 0.3) is 15.9 Å². The maximum atomic E-state index is 12.3. The summed E-state index contributed by atoms with van der Waals surface area (Å²) in [4.78, 5) is 23.8. The SMILES string of the molecule is O=C(CCN1C(=O)c2ccccc2S1(=O)=O)Nc1ccon1. The first-order chi connectivity index (χ1) is 10.5. The van der Waals surface area contributed by atoms with Gasteiger partial charge in [0.15, 0.2) is 5.82 Å². The van der Waals surface area contributed by atoms with Gasteiger partial charge in [0.1, 0.15) is 11.2 Å². The Morgan fingerprint density at radius 1 is 1.27 bits per heavy atom.